The summed E-state index contributed by atoms with van der Waals surface area (Å²) in [6.07, 6.45) is 1.49. The number of sulfonamides is 1. The molecule has 8 heteroatoms. The first-order valence-electron chi connectivity index (χ1n) is 14.0. The van der Waals surface area contributed by atoms with Gasteiger partial charge < -0.3 is 10.3 Å². The van der Waals surface area contributed by atoms with Gasteiger partial charge in [-0.1, -0.05) is 87.5 Å². The van der Waals surface area contributed by atoms with Crippen LogP contribution in [0.3, 0.4) is 0 Å². The predicted molar refractivity (Wildman–Crippen MR) is 171 cm³/mol. The molecule has 1 heterocycles. The van der Waals surface area contributed by atoms with Gasteiger partial charge in [0.2, 0.25) is 0 Å². The molecular weight excluding hydrogens is 542 g/mol. The second-order valence-corrected chi connectivity index (χ2v) is 13.5. The zero-order chi connectivity index (χ0) is 30.1. The Hall–Kier alpha value is -4.43. The molecule has 3 N–H and O–H groups in total. The average Bonchev–Trinajstić information content (AvgIpc) is 3.29. The molecule has 0 atom stereocenters. The summed E-state index contributed by atoms with van der Waals surface area (Å²) in [5.41, 5.74) is 11.6. The number of amidine groups is 1. The number of anilines is 1. The summed E-state index contributed by atoms with van der Waals surface area (Å²) < 4.78 is 31.8. The van der Waals surface area contributed by atoms with Gasteiger partial charge in [-0.05, 0) is 58.9 Å². The smallest absolute Gasteiger partial charge is 0.264 e. The summed E-state index contributed by atoms with van der Waals surface area (Å²) in [5, 5.41) is 7.58. The van der Waals surface area contributed by atoms with Crippen LogP contribution in [-0.2, 0) is 41.9 Å². The Morgan fingerprint density at radius 2 is 1.55 bits per heavy atom. The molecule has 0 aliphatic carbocycles. The highest BCUT2D eigenvalue weighted by Crippen LogP contribution is 2.31. The lowest BCUT2D eigenvalue weighted by Crippen LogP contribution is -2.30. The van der Waals surface area contributed by atoms with E-state index >= 15 is 0 Å². The lowest BCUT2D eigenvalue weighted by molar-refractivity contribution is 0.584. The molecule has 0 radical (unpaired) electrons. The molecule has 4 aromatic carbocycles. The van der Waals surface area contributed by atoms with Gasteiger partial charge in [0.15, 0.2) is 0 Å². The molecule has 42 heavy (non-hydrogen) atoms. The summed E-state index contributed by atoms with van der Waals surface area (Å²) in [5.74, 6) is 0.964. The van der Waals surface area contributed by atoms with Crippen molar-refractivity contribution in [3.05, 3.63) is 125 Å². The highest BCUT2D eigenvalue weighted by Gasteiger charge is 2.27. The van der Waals surface area contributed by atoms with E-state index in [9.17, 15) is 8.42 Å². The third kappa shape index (κ3) is 6.09. The second-order valence-electron chi connectivity index (χ2n) is 11.6. The molecule has 0 amide bonds. The maximum absolute atomic E-state index is 14.1. The monoisotopic (exact) mass is 579 g/mol. The van der Waals surface area contributed by atoms with Crippen molar-refractivity contribution in [3.8, 4) is 0 Å². The van der Waals surface area contributed by atoms with E-state index in [1.54, 1.807) is 12.1 Å². The van der Waals surface area contributed by atoms with Crippen molar-refractivity contribution in [2.24, 2.45) is 12.8 Å². The van der Waals surface area contributed by atoms with Gasteiger partial charge in [0.05, 0.1) is 28.2 Å². The minimum absolute atomic E-state index is 0.0537. The number of hydrogen-bond donors (Lipinski definition) is 2. The van der Waals surface area contributed by atoms with Crippen LogP contribution in [0.15, 0.2) is 102 Å². The third-order valence-corrected chi connectivity index (χ3v) is 9.41. The number of nitrogens with one attached hydrogen (secondary N) is 1. The van der Waals surface area contributed by atoms with E-state index in [1.165, 1.54) is 4.31 Å². The van der Waals surface area contributed by atoms with Crippen molar-refractivity contribution in [2.75, 3.05) is 4.31 Å². The molecule has 0 aliphatic rings. The van der Waals surface area contributed by atoms with Crippen LogP contribution in [-0.4, -0.2) is 23.8 Å². The third-order valence-electron chi connectivity index (χ3n) is 7.62. The predicted octanol–water partition coefficient (Wildman–Crippen LogP) is 6.34. The molecule has 0 unspecified atom stereocenters. The highest BCUT2D eigenvalue weighted by molar-refractivity contribution is 7.92. The average molecular weight is 580 g/mol. The first-order chi connectivity index (χ1) is 19.9. The van der Waals surface area contributed by atoms with Gasteiger partial charge >= 0.3 is 0 Å². The molecule has 0 saturated heterocycles. The first-order valence-corrected chi connectivity index (χ1v) is 15.4. The lowest BCUT2D eigenvalue weighted by Gasteiger charge is -2.25. The number of aromatic nitrogens is 2. The van der Waals surface area contributed by atoms with Crippen molar-refractivity contribution < 1.29 is 8.42 Å². The molecule has 1 aromatic heterocycles. The fourth-order valence-electron chi connectivity index (χ4n) is 5.04. The van der Waals surface area contributed by atoms with E-state index in [0.29, 0.717) is 17.7 Å². The van der Waals surface area contributed by atoms with Crippen LogP contribution in [0.5, 0.6) is 0 Å². The largest absolute Gasteiger partial charge is 0.384 e. The Balaban J connectivity index is 1.48. The number of imidazole rings is 1. The Morgan fingerprint density at radius 1 is 0.881 bits per heavy atom. The number of nitrogens with two attached hydrogens (primary N) is 1. The molecular formula is C34H37N5O2S. The van der Waals surface area contributed by atoms with Crippen LogP contribution in [0.25, 0.3) is 11.0 Å². The van der Waals surface area contributed by atoms with Crippen molar-refractivity contribution in [1.29, 1.82) is 5.41 Å². The Bertz CT molecular complexity index is 1820. The fraction of sp³-hybridized carbons (Fsp3) is 0.235. The Morgan fingerprint density at radius 3 is 2.17 bits per heavy atom. The van der Waals surface area contributed by atoms with E-state index in [-0.39, 0.29) is 22.7 Å². The SMILES string of the molecule is Cn1c(CCc2ccc(C(=N)N)cc2)nc2cc(N(Cc3ccccc3)S(=O)(=O)c3ccc(C(C)(C)C)cc3)ccc21. The maximum atomic E-state index is 14.1. The number of benzene rings is 4. The van der Waals surface area contributed by atoms with Gasteiger partial charge in [-0.2, -0.15) is 0 Å². The summed E-state index contributed by atoms with van der Waals surface area (Å²) >= 11 is 0. The number of nitrogen functional groups attached to an aromatic ring is 1. The molecule has 0 bridgehead atoms. The zero-order valence-corrected chi connectivity index (χ0v) is 25.3. The summed E-state index contributed by atoms with van der Waals surface area (Å²) in [6.45, 7) is 6.53. The molecule has 216 valence electrons. The van der Waals surface area contributed by atoms with E-state index in [2.05, 4.69) is 25.3 Å². The Kier molecular flexibility index (Phi) is 7.93. The van der Waals surface area contributed by atoms with E-state index in [4.69, 9.17) is 16.1 Å². The number of nitrogens with zero attached hydrogens (tertiary/aromatic N) is 3. The molecule has 0 fully saturated rings. The van der Waals surface area contributed by atoms with Crippen molar-refractivity contribution in [2.45, 2.75) is 50.5 Å². The topological polar surface area (TPSA) is 105 Å². The van der Waals surface area contributed by atoms with Crippen LogP contribution < -0.4 is 10.0 Å². The van der Waals surface area contributed by atoms with Crippen molar-refractivity contribution >= 4 is 32.6 Å². The van der Waals surface area contributed by atoms with Crippen LogP contribution >= 0.6 is 0 Å². The second kappa shape index (κ2) is 11.4. The number of hydrogen-bond acceptors (Lipinski definition) is 4. The van der Waals surface area contributed by atoms with Crippen LogP contribution in [0, 0.1) is 5.41 Å². The first kappa shape index (κ1) is 29.1. The van der Waals surface area contributed by atoms with E-state index in [0.717, 1.165) is 40.0 Å². The highest BCUT2D eigenvalue weighted by atomic mass is 32.2. The zero-order valence-electron chi connectivity index (χ0n) is 24.5. The van der Waals surface area contributed by atoms with Gasteiger partial charge in [0, 0.05) is 19.0 Å². The van der Waals surface area contributed by atoms with Crippen molar-refractivity contribution in [1.82, 2.24) is 9.55 Å². The van der Waals surface area contributed by atoms with E-state index in [1.807, 2.05) is 92.0 Å². The van der Waals surface area contributed by atoms with Gasteiger partial charge in [0.25, 0.3) is 10.0 Å². The van der Waals surface area contributed by atoms with E-state index < -0.39 is 10.0 Å². The standard InChI is InChI=1S/C34H37N5O2S/c1-34(2,3)27-15-18-29(19-16-27)42(40,41)39(23-25-8-6-5-7-9-25)28-17-20-31-30(22-28)37-32(38(31)4)21-12-24-10-13-26(14-11-24)33(35)36/h5-11,13-20,22H,12,21,23H2,1-4H3,(H3,35,36). The minimum atomic E-state index is -3.87. The molecule has 7 nitrogen and oxygen atoms in total. The molecule has 0 aliphatic heterocycles. The molecule has 0 spiro atoms. The maximum Gasteiger partial charge on any atom is 0.264 e. The van der Waals surface area contributed by atoms with Crippen molar-refractivity contribution in [3.63, 3.8) is 0 Å². The normalized spacial score (nSPS) is 12.0. The van der Waals surface area contributed by atoms with Crippen LogP contribution in [0.4, 0.5) is 5.69 Å². The van der Waals surface area contributed by atoms with Gasteiger partial charge in [-0.3, -0.25) is 9.71 Å². The quantitative estimate of drug-likeness (QED) is 0.157. The van der Waals surface area contributed by atoms with Gasteiger partial charge in [-0.25, -0.2) is 13.4 Å². The lowest BCUT2D eigenvalue weighted by atomic mass is 9.87. The van der Waals surface area contributed by atoms with Gasteiger partial charge in [0.1, 0.15) is 11.7 Å². The van der Waals surface area contributed by atoms with Crippen LogP contribution in [0.2, 0.25) is 0 Å². The molecule has 5 rings (SSSR count). The number of aryl methyl sites for hydroxylation is 3. The summed E-state index contributed by atoms with van der Waals surface area (Å²) in [4.78, 5) is 5.16. The molecule has 0 saturated carbocycles. The van der Waals surface area contributed by atoms with Gasteiger partial charge in [-0.15, -0.1) is 0 Å². The number of fused-ring (bicyclic) bond motifs is 1. The Labute approximate surface area is 248 Å². The fourth-order valence-corrected chi connectivity index (χ4v) is 6.49. The number of rotatable bonds is 9. The minimum Gasteiger partial charge on any atom is -0.384 e. The summed E-state index contributed by atoms with van der Waals surface area (Å²) in [7, 11) is -1.88. The molecule has 5 aromatic rings. The summed E-state index contributed by atoms with van der Waals surface area (Å²) in [6, 6.07) is 30.2. The van der Waals surface area contributed by atoms with Crippen LogP contribution in [0.1, 0.15) is 48.8 Å².